The van der Waals surface area contributed by atoms with Crippen LogP contribution in [0.3, 0.4) is 0 Å². The minimum Gasteiger partial charge on any atom is -0.464 e. The van der Waals surface area contributed by atoms with E-state index < -0.39 is 5.97 Å². The Hall–Kier alpha value is -0.680. The van der Waals surface area contributed by atoms with E-state index in [4.69, 9.17) is 0 Å². The maximum atomic E-state index is 11.1. The van der Waals surface area contributed by atoms with E-state index in [-0.39, 0.29) is 0 Å². The number of esters is 1. The van der Waals surface area contributed by atoms with E-state index in [1.807, 2.05) is 0 Å². The van der Waals surface area contributed by atoms with Crippen LogP contribution in [0.4, 0.5) is 0 Å². The summed E-state index contributed by atoms with van der Waals surface area (Å²) in [5.41, 5.74) is 0.310. The number of nitrogens with zero attached hydrogens (tertiary/aromatic N) is 1. The average molecular weight is 248 g/mol. The van der Waals surface area contributed by atoms with Crippen molar-refractivity contribution in [3.05, 3.63) is 21.1 Å². The van der Waals surface area contributed by atoms with E-state index >= 15 is 0 Å². The predicted octanol–water partition coefficient (Wildman–Crippen LogP) is 2.34. The first kappa shape index (κ1) is 9.41. The lowest BCUT2D eigenvalue weighted by atomic mass is 10.3. The van der Waals surface area contributed by atoms with Gasteiger partial charge in [0, 0.05) is 0 Å². The zero-order valence-electron chi connectivity index (χ0n) is 6.33. The van der Waals surface area contributed by atoms with E-state index in [2.05, 4.69) is 32.2 Å². The highest BCUT2D eigenvalue weighted by molar-refractivity contribution is 9.11. The molecule has 0 aromatic carbocycles. The minimum atomic E-state index is -0.438. The van der Waals surface area contributed by atoms with Crippen LogP contribution in [0, 0.1) is 0 Å². The molecule has 12 heavy (non-hydrogen) atoms. The Bertz CT molecular complexity index is 321. The molecule has 1 aromatic heterocycles. The molecule has 0 N–H and O–H groups in total. The van der Waals surface area contributed by atoms with Gasteiger partial charge in [-0.3, -0.25) is 0 Å². The summed E-state index contributed by atoms with van der Waals surface area (Å²) in [5, 5.41) is 0. The Morgan fingerprint density at radius 1 is 1.83 bits per heavy atom. The second kappa shape index (κ2) is 3.82. The van der Waals surface area contributed by atoms with Gasteiger partial charge in [0.05, 0.1) is 12.0 Å². The normalized spacial score (nSPS) is 9.50. The highest BCUT2D eigenvalue weighted by atomic mass is 79.9. The van der Waals surface area contributed by atoms with Gasteiger partial charge in [0.25, 0.3) is 0 Å². The Labute approximate surface area is 82.2 Å². The lowest BCUT2D eigenvalue weighted by molar-refractivity contribution is 0.0594. The maximum absolute atomic E-state index is 11.1. The first-order valence-corrected chi connectivity index (χ1v) is 4.67. The number of carbonyl (C=O) groups is 1. The molecule has 0 aliphatic carbocycles. The van der Waals surface area contributed by atoms with E-state index in [1.54, 1.807) is 6.08 Å². The van der Waals surface area contributed by atoms with Gasteiger partial charge in [-0.1, -0.05) is 6.58 Å². The van der Waals surface area contributed by atoms with Crippen molar-refractivity contribution in [1.82, 2.24) is 4.98 Å². The fourth-order valence-electron chi connectivity index (χ4n) is 0.686. The second-order valence-corrected chi connectivity index (χ2v) is 4.18. The molecule has 0 saturated carbocycles. The highest BCUT2D eigenvalue weighted by Gasteiger charge is 2.15. The summed E-state index contributed by atoms with van der Waals surface area (Å²) < 4.78 is 5.18. The van der Waals surface area contributed by atoms with E-state index in [0.717, 1.165) is 0 Å². The number of hydrogen-bond donors (Lipinski definition) is 0. The molecule has 3 nitrogen and oxygen atoms in total. The smallest absolute Gasteiger partial charge is 0.358 e. The number of carbonyl (C=O) groups excluding carboxylic acids is 1. The number of hydrogen-bond acceptors (Lipinski definition) is 4. The fraction of sp³-hybridized carbons (Fsp3) is 0.143. The van der Waals surface area contributed by atoms with Crippen molar-refractivity contribution >= 4 is 39.3 Å². The summed E-state index contributed by atoms with van der Waals surface area (Å²) in [6.07, 6.45) is 1.58. The van der Waals surface area contributed by atoms with Gasteiger partial charge < -0.3 is 4.74 Å². The van der Waals surface area contributed by atoms with Gasteiger partial charge in [-0.25, -0.2) is 9.78 Å². The molecule has 0 aliphatic rings. The van der Waals surface area contributed by atoms with Crippen LogP contribution in [0.2, 0.25) is 0 Å². The molecule has 0 aliphatic heterocycles. The van der Waals surface area contributed by atoms with Crippen LogP contribution in [-0.4, -0.2) is 18.1 Å². The topological polar surface area (TPSA) is 39.2 Å². The highest BCUT2D eigenvalue weighted by Crippen LogP contribution is 2.24. The summed E-state index contributed by atoms with van der Waals surface area (Å²) in [4.78, 5) is 15.7. The summed E-state index contributed by atoms with van der Waals surface area (Å²) in [6, 6.07) is 0. The van der Waals surface area contributed by atoms with E-state index in [9.17, 15) is 4.79 Å². The van der Waals surface area contributed by atoms with Crippen LogP contribution in [0.1, 0.15) is 15.4 Å². The number of methoxy groups -OCH3 is 1. The molecule has 0 atom stereocenters. The second-order valence-electron chi connectivity index (χ2n) is 1.88. The molecule has 0 radical (unpaired) electrons. The number of ether oxygens (including phenoxy) is 1. The Kier molecular flexibility index (Phi) is 2.99. The lowest BCUT2D eigenvalue weighted by Gasteiger charge is -1.93. The molecule has 0 amide bonds. The van der Waals surface area contributed by atoms with Crippen molar-refractivity contribution in [2.24, 2.45) is 0 Å². The van der Waals surface area contributed by atoms with Crippen LogP contribution >= 0.6 is 27.3 Å². The molecule has 1 aromatic rings. The van der Waals surface area contributed by atoms with Gasteiger partial charge >= 0.3 is 5.97 Å². The monoisotopic (exact) mass is 247 g/mol. The number of thiazole rings is 1. The van der Waals surface area contributed by atoms with Crippen molar-refractivity contribution in [2.45, 2.75) is 0 Å². The lowest BCUT2D eigenvalue weighted by Crippen LogP contribution is -2.02. The summed E-state index contributed by atoms with van der Waals surface area (Å²) in [5.74, 6) is -0.438. The molecular formula is C7H6BrNO2S. The molecular weight excluding hydrogens is 242 g/mol. The van der Waals surface area contributed by atoms with Crippen molar-refractivity contribution in [3.63, 3.8) is 0 Å². The van der Waals surface area contributed by atoms with Crippen LogP contribution in [0.5, 0.6) is 0 Å². The van der Waals surface area contributed by atoms with Gasteiger partial charge in [-0.05, 0) is 22.0 Å². The van der Waals surface area contributed by atoms with Crippen LogP contribution in [0.15, 0.2) is 10.5 Å². The molecule has 1 rings (SSSR count). The molecule has 64 valence electrons. The zero-order chi connectivity index (χ0) is 9.14. The largest absolute Gasteiger partial charge is 0.464 e. The quantitative estimate of drug-likeness (QED) is 0.754. The Morgan fingerprint density at radius 3 is 3.00 bits per heavy atom. The molecule has 5 heteroatoms. The molecule has 0 bridgehead atoms. The number of rotatable bonds is 2. The molecule has 0 spiro atoms. The van der Waals surface area contributed by atoms with E-state index in [1.165, 1.54) is 18.4 Å². The first-order chi connectivity index (χ1) is 5.69. The van der Waals surface area contributed by atoms with Crippen LogP contribution in [0.25, 0.3) is 6.08 Å². The Morgan fingerprint density at radius 2 is 2.50 bits per heavy atom. The minimum absolute atomic E-state index is 0.310. The van der Waals surface area contributed by atoms with Gasteiger partial charge in [0.1, 0.15) is 0 Å². The molecule has 1 heterocycles. The van der Waals surface area contributed by atoms with Crippen molar-refractivity contribution < 1.29 is 9.53 Å². The third-order valence-corrected chi connectivity index (χ3v) is 2.69. The molecule has 0 unspecified atom stereocenters. The van der Waals surface area contributed by atoms with Gasteiger partial charge in [0.15, 0.2) is 9.61 Å². The number of aromatic nitrogens is 1. The predicted molar refractivity (Wildman–Crippen MR) is 51.2 cm³/mol. The third kappa shape index (κ3) is 1.73. The van der Waals surface area contributed by atoms with Crippen molar-refractivity contribution in [1.29, 1.82) is 0 Å². The molecule has 0 saturated heterocycles. The van der Waals surface area contributed by atoms with Gasteiger partial charge in [0.2, 0.25) is 0 Å². The average Bonchev–Trinajstić information content (AvgIpc) is 2.45. The summed E-state index contributed by atoms with van der Waals surface area (Å²) in [7, 11) is 1.32. The summed E-state index contributed by atoms with van der Waals surface area (Å²) in [6.45, 7) is 3.56. The van der Waals surface area contributed by atoms with Crippen LogP contribution in [-0.2, 0) is 4.74 Å². The summed E-state index contributed by atoms with van der Waals surface area (Å²) >= 11 is 4.52. The first-order valence-electron chi connectivity index (χ1n) is 3.06. The fourth-order valence-corrected chi connectivity index (χ4v) is 2.01. The SMILES string of the molecule is C=Cc1sc(Br)nc1C(=O)OC. The number of halogens is 1. The standard InChI is InChI=1S/C7H6BrNO2S/c1-3-4-5(6(10)11-2)9-7(8)12-4/h3H,1H2,2H3. The van der Waals surface area contributed by atoms with Gasteiger partial charge in [-0.15, -0.1) is 11.3 Å². The van der Waals surface area contributed by atoms with Crippen LogP contribution < -0.4 is 0 Å². The van der Waals surface area contributed by atoms with Crippen molar-refractivity contribution in [2.75, 3.05) is 7.11 Å². The Balaban J connectivity index is 3.12. The van der Waals surface area contributed by atoms with Gasteiger partial charge in [-0.2, -0.15) is 0 Å². The molecule has 0 fully saturated rings. The van der Waals surface area contributed by atoms with Crippen molar-refractivity contribution in [3.8, 4) is 0 Å². The van der Waals surface area contributed by atoms with E-state index in [0.29, 0.717) is 14.5 Å². The zero-order valence-corrected chi connectivity index (χ0v) is 8.74. The third-order valence-electron chi connectivity index (χ3n) is 1.19. The maximum Gasteiger partial charge on any atom is 0.358 e.